The summed E-state index contributed by atoms with van der Waals surface area (Å²) in [5.74, 6) is 0.535. The normalized spacial score (nSPS) is 14.4. The van der Waals surface area contributed by atoms with Crippen LogP contribution in [0.4, 0.5) is 5.69 Å². The third-order valence-corrected chi connectivity index (χ3v) is 7.12. The van der Waals surface area contributed by atoms with E-state index in [1.807, 2.05) is 31.2 Å². The number of hydrogen-bond donors (Lipinski definition) is 1. The molecule has 1 fully saturated rings. The third kappa shape index (κ3) is 5.73. The van der Waals surface area contributed by atoms with Gasteiger partial charge in [0.2, 0.25) is 0 Å². The minimum absolute atomic E-state index is 0.535. The molecule has 2 heterocycles. The maximum Gasteiger partial charge on any atom is 0.0965 e. The Hall–Kier alpha value is -3.31. The Kier molecular flexibility index (Phi) is 8.00. The fraction of sp³-hybridized carbons (Fsp3) is 0.333. The van der Waals surface area contributed by atoms with E-state index in [2.05, 4.69) is 53.1 Å². The molecule has 188 valence electrons. The van der Waals surface area contributed by atoms with Crippen LogP contribution in [0.3, 0.4) is 0 Å². The van der Waals surface area contributed by atoms with Crippen LogP contribution in [0.1, 0.15) is 44.2 Å². The molecule has 0 spiro atoms. The number of nitrogens with two attached hydrogens (primary N) is 1. The van der Waals surface area contributed by atoms with Crippen LogP contribution in [-0.4, -0.2) is 46.8 Å². The van der Waals surface area contributed by atoms with E-state index in [4.69, 9.17) is 22.3 Å². The molecule has 1 aliphatic rings. The van der Waals surface area contributed by atoms with E-state index < -0.39 is 0 Å². The Bertz CT molecular complexity index is 1310. The van der Waals surface area contributed by atoms with E-state index in [0.717, 1.165) is 77.3 Å². The highest BCUT2D eigenvalue weighted by molar-refractivity contribution is 6.35. The van der Waals surface area contributed by atoms with Gasteiger partial charge in [0.05, 0.1) is 27.8 Å². The van der Waals surface area contributed by atoms with Crippen molar-refractivity contribution in [1.29, 1.82) is 0 Å². The molecule has 5 nitrogen and oxygen atoms in total. The Balaban J connectivity index is 1.55. The molecule has 1 aromatic heterocycles. The smallest absolute Gasteiger partial charge is 0.0965 e. The summed E-state index contributed by atoms with van der Waals surface area (Å²) in [6, 6.07) is 14.2. The molecule has 0 radical (unpaired) electrons. The Morgan fingerprint density at radius 1 is 1.06 bits per heavy atom. The molecule has 3 aromatic rings. The van der Waals surface area contributed by atoms with Crippen LogP contribution in [0.5, 0.6) is 0 Å². The fourth-order valence-corrected chi connectivity index (χ4v) is 4.92. The number of amidine groups is 1. The molecule has 0 bridgehead atoms. The predicted molar refractivity (Wildman–Crippen MR) is 155 cm³/mol. The zero-order valence-corrected chi connectivity index (χ0v) is 22.4. The van der Waals surface area contributed by atoms with E-state index in [0.29, 0.717) is 10.9 Å². The van der Waals surface area contributed by atoms with Crippen LogP contribution >= 0.6 is 11.6 Å². The van der Waals surface area contributed by atoms with E-state index in [-0.39, 0.29) is 0 Å². The van der Waals surface area contributed by atoms with E-state index >= 15 is 0 Å². The average molecular weight is 502 g/mol. The molecule has 0 unspecified atom stereocenters. The Morgan fingerprint density at radius 3 is 2.44 bits per heavy atom. The highest BCUT2D eigenvalue weighted by atomic mass is 35.5. The van der Waals surface area contributed by atoms with Gasteiger partial charge in [-0.1, -0.05) is 56.3 Å². The maximum atomic E-state index is 6.69. The van der Waals surface area contributed by atoms with Crippen LogP contribution in [0, 0.1) is 6.92 Å². The lowest BCUT2D eigenvalue weighted by Crippen LogP contribution is -2.44. The van der Waals surface area contributed by atoms with Crippen molar-refractivity contribution in [3.05, 3.63) is 77.5 Å². The van der Waals surface area contributed by atoms with Gasteiger partial charge in [0.25, 0.3) is 0 Å². The summed E-state index contributed by atoms with van der Waals surface area (Å²) in [5, 5.41) is 1.62. The first-order chi connectivity index (χ1) is 17.3. The van der Waals surface area contributed by atoms with E-state index in [9.17, 15) is 0 Å². The van der Waals surface area contributed by atoms with Gasteiger partial charge in [-0.2, -0.15) is 0 Å². The van der Waals surface area contributed by atoms with E-state index in [1.54, 1.807) is 6.92 Å². The molecule has 0 saturated carbocycles. The lowest BCUT2D eigenvalue weighted by molar-refractivity contribution is 0.209. The Morgan fingerprint density at radius 2 is 1.78 bits per heavy atom. The summed E-state index contributed by atoms with van der Waals surface area (Å²) in [4.78, 5) is 14.1. The van der Waals surface area contributed by atoms with E-state index in [1.165, 1.54) is 18.5 Å². The number of aliphatic imine (C=N–C) groups is 1. The summed E-state index contributed by atoms with van der Waals surface area (Å²) in [6.07, 6.45) is 3.48. The molecule has 1 saturated heterocycles. The summed E-state index contributed by atoms with van der Waals surface area (Å²) >= 11 is 6.69. The maximum absolute atomic E-state index is 6.69. The van der Waals surface area contributed by atoms with Crippen molar-refractivity contribution in [2.24, 2.45) is 10.7 Å². The molecule has 1 aliphatic heterocycles. The number of benzene rings is 2. The number of hydrogen-bond acceptors (Lipinski definition) is 4. The molecular weight excluding hydrogens is 466 g/mol. The van der Waals surface area contributed by atoms with Crippen LogP contribution in [-0.2, 0) is 0 Å². The minimum atomic E-state index is 0.535. The van der Waals surface area contributed by atoms with Crippen molar-refractivity contribution >= 4 is 39.7 Å². The van der Waals surface area contributed by atoms with Crippen LogP contribution in [0.25, 0.3) is 27.9 Å². The van der Waals surface area contributed by atoms with Crippen molar-refractivity contribution in [3.8, 4) is 11.3 Å². The summed E-state index contributed by atoms with van der Waals surface area (Å²) < 4.78 is 0. The van der Waals surface area contributed by atoms with Crippen molar-refractivity contribution < 1.29 is 0 Å². The number of unbranched alkanes of at least 4 members (excludes halogenated alkanes) is 1. The van der Waals surface area contributed by atoms with Crippen molar-refractivity contribution in [1.82, 2.24) is 14.8 Å². The minimum Gasteiger partial charge on any atom is -0.387 e. The number of fused-ring (bicyclic) bond motifs is 1. The van der Waals surface area contributed by atoms with Crippen molar-refractivity contribution in [2.75, 3.05) is 26.2 Å². The van der Waals surface area contributed by atoms with Gasteiger partial charge < -0.3 is 15.5 Å². The van der Waals surface area contributed by atoms with Crippen LogP contribution < -0.4 is 5.73 Å². The summed E-state index contributed by atoms with van der Waals surface area (Å²) in [7, 11) is 0. The van der Waals surface area contributed by atoms with Crippen molar-refractivity contribution in [3.63, 3.8) is 0 Å². The number of piperazine rings is 1. The standard InChI is InChI=1S/C30H36ClN5/c1-6-7-8-21(3)35-13-15-36(16-14-35)22(4)24-9-11-26-27(31)19-29(34-30(26)18-24)25-10-12-28(20(2)17-25)33-23(5)32/h9-12,17-19H,3-4,6-8,13-16H2,1-2,5H3,(H2,32,33). The van der Waals surface area contributed by atoms with Gasteiger partial charge >= 0.3 is 0 Å². The number of allylic oxidation sites excluding steroid dienone is 1. The van der Waals surface area contributed by atoms with Crippen LogP contribution in [0.2, 0.25) is 5.02 Å². The summed E-state index contributed by atoms with van der Waals surface area (Å²) in [6.45, 7) is 18.6. The van der Waals surface area contributed by atoms with Gasteiger partial charge in [-0.3, -0.25) is 0 Å². The SMILES string of the molecule is C=C(CCCC)N1CCN(C(=C)c2ccc3c(Cl)cc(-c4ccc(N=C(C)N)c(C)c4)nc3c2)CC1. The molecular formula is C30H36ClN5. The number of nitrogens with zero attached hydrogens (tertiary/aromatic N) is 4. The summed E-state index contributed by atoms with van der Waals surface area (Å²) in [5.41, 5.74) is 13.7. The lowest BCUT2D eigenvalue weighted by Gasteiger charge is -2.39. The van der Waals surface area contributed by atoms with Gasteiger partial charge in [0.15, 0.2) is 0 Å². The molecule has 2 N–H and O–H groups in total. The predicted octanol–water partition coefficient (Wildman–Crippen LogP) is 7.16. The highest BCUT2D eigenvalue weighted by Gasteiger charge is 2.20. The molecule has 0 aliphatic carbocycles. The number of rotatable bonds is 8. The second kappa shape index (κ2) is 11.2. The molecule has 36 heavy (non-hydrogen) atoms. The first-order valence-corrected chi connectivity index (χ1v) is 13.0. The molecule has 0 atom stereocenters. The van der Waals surface area contributed by atoms with Crippen LogP contribution in [0.15, 0.2) is 66.3 Å². The number of aromatic nitrogens is 1. The van der Waals surface area contributed by atoms with Gasteiger partial charge in [0, 0.05) is 48.5 Å². The zero-order valence-electron chi connectivity index (χ0n) is 21.6. The largest absolute Gasteiger partial charge is 0.387 e. The Labute approximate surface area is 220 Å². The zero-order chi connectivity index (χ0) is 25.8. The number of halogens is 1. The van der Waals surface area contributed by atoms with Gasteiger partial charge in [-0.05, 0) is 62.1 Å². The van der Waals surface area contributed by atoms with Crippen molar-refractivity contribution in [2.45, 2.75) is 40.0 Å². The third-order valence-electron chi connectivity index (χ3n) is 6.81. The molecule has 0 amide bonds. The topological polar surface area (TPSA) is 57.8 Å². The second-order valence-corrected chi connectivity index (χ2v) is 9.97. The lowest BCUT2D eigenvalue weighted by atomic mass is 10.0. The second-order valence-electron chi connectivity index (χ2n) is 9.57. The van der Waals surface area contributed by atoms with Gasteiger partial charge in [-0.15, -0.1) is 0 Å². The first kappa shape index (κ1) is 25.8. The monoisotopic (exact) mass is 501 g/mol. The quantitative estimate of drug-likeness (QED) is 0.262. The van der Waals surface area contributed by atoms with Gasteiger partial charge in [-0.25, -0.2) is 9.98 Å². The first-order valence-electron chi connectivity index (χ1n) is 12.7. The number of aryl methyl sites for hydroxylation is 1. The fourth-order valence-electron chi connectivity index (χ4n) is 4.66. The molecule has 2 aromatic carbocycles. The highest BCUT2D eigenvalue weighted by Crippen LogP contribution is 2.32. The molecule has 4 rings (SSSR count). The average Bonchev–Trinajstić information content (AvgIpc) is 2.87. The molecule has 6 heteroatoms. The number of pyridine rings is 1. The van der Waals surface area contributed by atoms with Gasteiger partial charge in [0.1, 0.15) is 0 Å².